The first kappa shape index (κ1) is 94.1. The molecular formula is C77H150O17P2. The van der Waals surface area contributed by atoms with Gasteiger partial charge in [0.25, 0.3) is 0 Å². The minimum atomic E-state index is -4.96. The molecule has 0 aromatic heterocycles. The Morgan fingerprint density at radius 1 is 0.292 bits per heavy atom. The third kappa shape index (κ3) is 69.2. The fourth-order valence-corrected chi connectivity index (χ4v) is 13.4. The first-order valence-corrected chi connectivity index (χ1v) is 43.2. The average molecular weight is 1410 g/mol. The maximum absolute atomic E-state index is 13.1. The van der Waals surface area contributed by atoms with Crippen LogP contribution in [0.3, 0.4) is 0 Å². The van der Waals surface area contributed by atoms with E-state index in [1.165, 1.54) is 218 Å². The van der Waals surface area contributed by atoms with Gasteiger partial charge in [-0.05, 0) is 31.6 Å². The van der Waals surface area contributed by atoms with E-state index in [-0.39, 0.29) is 25.7 Å². The second-order valence-electron chi connectivity index (χ2n) is 28.0. The lowest BCUT2D eigenvalue weighted by atomic mass is 9.99. The van der Waals surface area contributed by atoms with Crippen molar-refractivity contribution in [3.63, 3.8) is 0 Å². The minimum absolute atomic E-state index is 0.105. The van der Waals surface area contributed by atoms with Crippen molar-refractivity contribution in [2.24, 2.45) is 5.92 Å². The molecule has 17 nitrogen and oxygen atoms in total. The molecule has 0 aliphatic heterocycles. The molecule has 0 aromatic rings. The summed E-state index contributed by atoms with van der Waals surface area (Å²) < 4.78 is 68.4. The number of unbranched alkanes of at least 4 members (excludes halogenated alkanes) is 48. The molecule has 19 heteroatoms. The van der Waals surface area contributed by atoms with Crippen LogP contribution in [-0.4, -0.2) is 96.7 Å². The number of carbonyl (C=O) groups excluding carboxylic acids is 4. The first-order chi connectivity index (χ1) is 46.6. The quantitative estimate of drug-likeness (QED) is 0.0222. The monoisotopic (exact) mass is 1410 g/mol. The highest BCUT2D eigenvalue weighted by Crippen LogP contribution is 2.45. The zero-order valence-corrected chi connectivity index (χ0v) is 64.3. The Bertz CT molecular complexity index is 1840. The van der Waals surface area contributed by atoms with E-state index in [1.807, 2.05) is 0 Å². The fraction of sp³-hybridized carbons (Fsp3) is 0.948. The number of aliphatic hydroxyl groups excluding tert-OH is 1. The van der Waals surface area contributed by atoms with Crippen LogP contribution in [0, 0.1) is 5.92 Å². The molecule has 6 atom stereocenters. The summed E-state index contributed by atoms with van der Waals surface area (Å²) >= 11 is 0. The molecule has 0 saturated carbocycles. The van der Waals surface area contributed by atoms with E-state index in [9.17, 15) is 43.2 Å². The molecule has 3 unspecified atom stereocenters. The molecule has 0 aliphatic rings. The molecular weight excluding hydrogens is 1260 g/mol. The van der Waals surface area contributed by atoms with E-state index in [0.29, 0.717) is 25.7 Å². The Morgan fingerprint density at radius 2 is 0.500 bits per heavy atom. The number of ether oxygens (including phenoxy) is 4. The normalized spacial score (nSPS) is 14.2. The SMILES string of the molecule is CCCCCCCCCCCCCCCCCCCCCCCCC(=O)O[C@H](COC(=O)CCCCCCCCCCCCCCCCC)COP(=O)(O)OC[C@@H](O)COP(=O)(O)OC[C@@H](COC(=O)CCCCCCCCC)OC(=O)CCCCCCCCCCC(C)CC. The lowest BCUT2D eigenvalue weighted by molar-refractivity contribution is -0.161. The number of hydrogen-bond donors (Lipinski definition) is 3. The van der Waals surface area contributed by atoms with Gasteiger partial charge >= 0.3 is 39.5 Å². The first-order valence-electron chi connectivity index (χ1n) is 40.2. The van der Waals surface area contributed by atoms with Crippen LogP contribution in [0.1, 0.15) is 407 Å². The van der Waals surface area contributed by atoms with Crippen molar-refractivity contribution >= 4 is 39.5 Å². The predicted octanol–water partition coefficient (Wildman–Crippen LogP) is 22.9. The second-order valence-corrected chi connectivity index (χ2v) is 30.9. The van der Waals surface area contributed by atoms with Crippen molar-refractivity contribution in [3.05, 3.63) is 0 Å². The molecule has 570 valence electrons. The third-order valence-corrected chi connectivity index (χ3v) is 20.3. The zero-order valence-electron chi connectivity index (χ0n) is 62.5. The van der Waals surface area contributed by atoms with Crippen LogP contribution in [0.25, 0.3) is 0 Å². The topological polar surface area (TPSA) is 237 Å². The summed E-state index contributed by atoms with van der Waals surface area (Å²) in [6, 6.07) is 0. The molecule has 0 radical (unpaired) electrons. The predicted molar refractivity (Wildman–Crippen MR) is 391 cm³/mol. The Kier molecular flexibility index (Phi) is 68.7. The van der Waals surface area contributed by atoms with Gasteiger partial charge in [-0.2, -0.15) is 0 Å². The molecule has 0 heterocycles. The molecule has 0 amide bonds. The zero-order chi connectivity index (χ0) is 70.5. The van der Waals surface area contributed by atoms with Crippen molar-refractivity contribution in [2.75, 3.05) is 39.6 Å². The summed E-state index contributed by atoms with van der Waals surface area (Å²) in [4.78, 5) is 72.7. The summed E-state index contributed by atoms with van der Waals surface area (Å²) in [5.74, 6) is -1.35. The summed E-state index contributed by atoms with van der Waals surface area (Å²) in [6.45, 7) is 7.25. The number of phosphoric ester groups is 2. The van der Waals surface area contributed by atoms with Crippen molar-refractivity contribution in [2.45, 2.75) is 425 Å². The lowest BCUT2D eigenvalue weighted by Crippen LogP contribution is -2.30. The van der Waals surface area contributed by atoms with Gasteiger partial charge in [0.05, 0.1) is 26.4 Å². The number of esters is 4. The molecule has 0 rings (SSSR count). The molecule has 0 aliphatic carbocycles. The van der Waals surface area contributed by atoms with E-state index in [4.69, 9.17) is 37.0 Å². The van der Waals surface area contributed by atoms with Crippen LogP contribution in [0.5, 0.6) is 0 Å². The van der Waals surface area contributed by atoms with E-state index < -0.39 is 97.5 Å². The number of hydrogen-bond acceptors (Lipinski definition) is 15. The minimum Gasteiger partial charge on any atom is -0.462 e. The maximum Gasteiger partial charge on any atom is 0.472 e. The third-order valence-electron chi connectivity index (χ3n) is 18.4. The number of rotatable bonds is 77. The Morgan fingerprint density at radius 3 is 0.740 bits per heavy atom. The standard InChI is InChI=1S/C77H150O17P2/c1-6-10-13-16-19-21-23-25-27-28-29-30-31-32-33-35-37-39-41-47-52-57-62-76(81)93-73(67-88-75(80)61-56-51-46-40-38-36-34-26-24-22-20-17-14-11-7-2)69-92-96(85,86)90-65-71(78)64-89-95(83,84)91-68-72(66-87-74(79)60-55-50-44-18-15-12-8-3)94-77(82)63-58-53-48-43-42-45-49-54-59-70(5)9-4/h70-73,78H,6-69H2,1-5H3,(H,83,84)(H,85,86)/t70?,71-,72+,73+/m0/s1. The van der Waals surface area contributed by atoms with Crippen molar-refractivity contribution < 1.29 is 80.2 Å². The van der Waals surface area contributed by atoms with Gasteiger partial charge in [0.2, 0.25) is 0 Å². The molecule has 0 aromatic carbocycles. The average Bonchev–Trinajstić information content (AvgIpc) is 2.37. The van der Waals surface area contributed by atoms with Gasteiger partial charge in [-0.15, -0.1) is 0 Å². The summed E-state index contributed by atoms with van der Waals surface area (Å²) in [5.41, 5.74) is 0. The van der Waals surface area contributed by atoms with Crippen LogP contribution in [0.4, 0.5) is 0 Å². The van der Waals surface area contributed by atoms with Crippen LogP contribution in [-0.2, 0) is 65.4 Å². The molecule has 0 bridgehead atoms. The highest BCUT2D eigenvalue weighted by atomic mass is 31.2. The van der Waals surface area contributed by atoms with Crippen molar-refractivity contribution in [1.82, 2.24) is 0 Å². The van der Waals surface area contributed by atoms with E-state index >= 15 is 0 Å². The van der Waals surface area contributed by atoms with E-state index in [0.717, 1.165) is 109 Å². The highest BCUT2D eigenvalue weighted by molar-refractivity contribution is 7.47. The highest BCUT2D eigenvalue weighted by Gasteiger charge is 2.30. The van der Waals surface area contributed by atoms with Gasteiger partial charge < -0.3 is 33.8 Å². The summed E-state index contributed by atoms with van der Waals surface area (Å²) in [6.07, 6.45) is 59.9. The molecule has 3 N–H and O–H groups in total. The van der Waals surface area contributed by atoms with Crippen molar-refractivity contribution in [1.29, 1.82) is 0 Å². The van der Waals surface area contributed by atoms with Gasteiger partial charge in [-0.25, -0.2) is 9.13 Å². The molecule has 0 fully saturated rings. The Labute approximate surface area is 588 Å². The number of aliphatic hydroxyl groups is 1. The van der Waals surface area contributed by atoms with Crippen LogP contribution < -0.4 is 0 Å². The van der Waals surface area contributed by atoms with Gasteiger partial charge in [0.1, 0.15) is 19.3 Å². The second kappa shape index (κ2) is 70.1. The van der Waals surface area contributed by atoms with Gasteiger partial charge in [0, 0.05) is 25.7 Å². The molecule has 0 saturated heterocycles. The van der Waals surface area contributed by atoms with E-state index in [1.54, 1.807) is 0 Å². The number of carbonyl (C=O) groups is 4. The van der Waals surface area contributed by atoms with Crippen LogP contribution in [0.2, 0.25) is 0 Å². The number of phosphoric acid groups is 2. The molecule has 0 spiro atoms. The lowest BCUT2D eigenvalue weighted by Gasteiger charge is -2.21. The fourth-order valence-electron chi connectivity index (χ4n) is 11.8. The van der Waals surface area contributed by atoms with Gasteiger partial charge in [-0.3, -0.25) is 37.3 Å². The molecule has 96 heavy (non-hydrogen) atoms. The van der Waals surface area contributed by atoms with Crippen molar-refractivity contribution in [3.8, 4) is 0 Å². The largest absolute Gasteiger partial charge is 0.472 e. The van der Waals surface area contributed by atoms with Gasteiger partial charge in [0.15, 0.2) is 12.2 Å². The van der Waals surface area contributed by atoms with E-state index in [2.05, 4.69) is 34.6 Å². The maximum atomic E-state index is 13.1. The van der Waals surface area contributed by atoms with Crippen LogP contribution >= 0.6 is 15.6 Å². The summed E-state index contributed by atoms with van der Waals surface area (Å²) in [7, 11) is -9.91. The Balaban J connectivity index is 5.15. The smallest absolute Gasteiger partial charge is 0.462 e. The Hall–Kier alpha value is -1.94. The van der Waals surface area contributed by atoms with Crippen LogP contribution in [0.15, 0.2) is 0 Å². The summed E-state index contributed by atoms with van der Waals surface area (Å²) in [5, 5.41) is 10.6. The van der Waals surface area contributed by atoms with Gasteiger partial charge in [-0.1, -0.05) is 356 Å².